The number of amidine groups is 1. The first kappa shape index (κ1) is 19.6. The topological polar surface area (TPSA) is 162 Å². The molecule has 0 spiro atoms. The van der Waals surface area contributed by atoms with Gasteiger partial charge in [-0.3, -0.25) is 15.0 Å². The number of benzene rings is 2. The maximum Gasteiger partial charge on any atom is 0.248 e. The Hall–Kier alpha value is -3.19. The molecule has 9 N–H and O–H groups in total. The number of fused-ring (bicyclic) bond motifs is 2. The summed E-state index contributed by atoms with van der Waals surface area (Å²) in [4.78, 5) is 23.3. The number of carbonyl (C=O) groups excluding carboxylic acids is 2. The molecule has 1 atom stereocenters. The number of rotatable bonds is 5. The van der Waals surface area contributed by atoms with Crippen molar-refractivity contribution >= 4 is 17.6 Å². The van der Waals surface area contributed by atoms with E-state index in [1.807, 2.05) is 19.1 Å². The van der Waals surface area contributed by atoms with E-state index in [0.29, 0.717) is 30.4 Å². The van der Waals surface area contributed by atoms with Crippen molar-refractivity contribution in [3.05, 3.63) is 69.8 Å². The Morgan fingerprint density at radius 2 is 1.39 bits per heavy atom. The van der Waals surface area contributed by atoms with E-state index in [0.717, 1.165) is 22.3 Å². The molecule has 0 unspecified atom stereocenters. The largest absolute Gasteiger partial charge is 0.387 e. The first-order valence-electron chi connectivity index (χ1n) is 9.13. The molecule has 0 bridgehead atoms. The number of primary amides is 2. The van der Waals surface area contributed by atoms with Gasteiger partial charge in [0.25, 0.3) is 0 Å². The summed E-state index contributed by atoms with van der Waals surface area (Å²) in [7, 11) is 0. The van der Waals surface area contributed by atoms with Crippen LogP contribution in [0.5, 0.6) is 0 Å². The highest BCUT2D eigenvalue weighted by atomic mass is 16.1. The Balaban J connectivity index is 2.35. The van der Waals surface area contributed by atoms with Crippen molar-refractivity contribution in [3.8, 4) is 0 Å². The van der Waals surface area contributed by atoms with Crippen molar-refractivity contribution in [2.75, 3.05) is 0 Å². The molecular formula is C21H25N5O2. The van der Waals surface area contributed by atoms with Crippen LogP contribution in [0.2, 0.25) is 0 Å². The fraction of sp³-hybridized carbons (Fsp3) is 0.286. The van der Waals surface area contributed by atoms with Crippen molar-refractivity contribution in [2.45, 2.75) is 37.6 Å². The SMILES string of the molecule is C[C@H](N)CC1(C(=N)N)c2ccc(C(N)=O)cc2CCc2cc(C(N)=O)ccc21. The molecule has 0 aliphatic heterocycles. The molecule has 0 radical (unpaired) electrons. The number of aryl methyl sites for hydroxylation is 2. The summed E-state index contributed by atoms with van der Waals surface area (Å²) in [5.41, 5.74) is 26.6. The number of nitrogens with two attached hydrogens (primary N) is 4. The van der Waals surface area contributed by atoms with Gasteiger partial charge in [0.1, 0.15) is 5.84 Å². The molecule has 0 aromatic heterocycles. The van der Waals surface area contributed by atoms with Crippen molar-refractivity contribution in [2.24, 2.45) is 22.9 Å². The Labute approximate surface area is 163 Å². The molecule has 2 aromatic rings. The van der Waals surface area contributed by atoms with Crippen LogP contribution in [0.15, 0.2) is 36.4 Å². The van der Waals surface area contributed by atoms with E-state index in [9.17, 15) is 9.59 Å². The zero-order chi connectivity index (χ0) is 20.6. The van der Waals surface area contributed by atoms with Gasteiger partial charge in [-0.05, 0) is 72.7 Å². The molecule has 1 aliphatic carbocycles. The summed E-state index contributed by atoms with van der Waals surface area (Å²) in [6, 6.07) is 10.2. The Morgan fingerprint density at radius 3 is 1.71 bits per heavy atom. The van der Waals surface area contributed by atoms with Gasteiger partial charge in [0.05, 0.1) is 5.41 Å². The zero-order valence-electron chi connectivity index (χ0n) is 15.8. The first-order valence-corrected chi connectivity index (χ1v) is 9.13. The van der Waals surface area contributed by atoms with Crippen LogP contribution in [0, 0.1) is 5.41 Å². The van der Waals surface area contributed by atoms with Gasteiger partial charge in [0.2, 0.25) is 11.8 Å². The smallest absolute Gasteiger partial charge is 0.248 e. The summed E-state index contributed by atoms with van der Waals surface area (Å²) in [5, 5.41) is 8.50. The highest BCUT2D eigenvalue weighted by Crippen LogP contribution is 2.43. The second-order valence-electron chi connectivity index (χ2n) is 7.47. The molecule has 28 heavy (non-hydrogen) atoms. The lowest BCUT2D eigenvalue weighted by atomic mass is 9.67. The van der Waals surface area contributed by atoms with Gasteiger partial charge in [-0.2, -0.15) is 0 Å². The highest BCUT2D eigenvalue weighted by Gasteiger charge is 2.43. The van der Waals surface area contributed by atoms with Crippen molar-refractivity contribution in [1.29, 1.82) is 5.41 Å². The minimum atomic E-state index is -0.957. The number of carbonyl (C=O) groups is 2. The Morgan fingerprint density at radius 1 is 0.964 bits per heavy atom. The Bertz CT molecular complexity index is 915. The minimum Gasteiger partial charge on any atom is -0.387 e. The molecule has 0 saturated carbocycles. The lowest BCUT2D eigenvalue weighted by molar-refractivity contribution is 0.0991. The van der Waals surface area contributed by atoms with Gasteiger partial charge in [0.15, 0.2) is 0 Å². The van der Waals surface area contributed by atoms with Crippen LogP contribution in [0.25, 0.3) is 0 Å². The number of hydrogen-bond acceptors (Lipinski definition) is 4. The minimum absolute atomic E-state index is 0.0344. The average molecular weight is 379 g/mol. The van der Waals surface area contributed by atoms with Gasteiger partial charge in [-0.25, -0.2) is 0 Å². The van der Waals surface area contributed by atoms with Gasteiger partial charge in [0, 0.05) is 17.2 Å². The summed E-state index contributed by atoms with van der Waals surface area (Å²) in [6.07, 6.45) is 1.63. The lowest BCUT2D eigenvalue weighted by Crippen LogP contribution is -2.46. The molecule has 0 saturated heterocycles. The van der Waals surface area contributed by atoms with Crippen LogP contribution >= 0.6 is 0 Å². The third-order valence-corrected chi connectivity index (χ3v) is 5.45. The van der Waals surface area contributed by atoms with Crippen LogP contribution in [-0.2, 0) is 18.3 Å². The molecular weight excluding hydrogens is 354 g/mol. The van der Waals surface area contributed by atoms with Crippen LogP contribution in [-0.4, -0.2) is 23.7 Å². The van der Waals surface area contributed by atoms with Crippen molar-refractivity contribution < 1.29 is 9.59 Å². The van der Waals surface area contributed by atoms with Crippen LogP contribution in [0.3, 0.4) is 0 Å². The van der Waals surface area contributed by atoms with Gasteiger partial charge in [-0.15, -0.1) is 0 Å². The van der Waals surface area contributed by atoms with Crippen molar-refractivity contribution in [1.82, 2.24) is 0 Å². The number of nitrogens with one attached hydrogen (secondary N) is 1. The second-order valence-corrected chi connectivity index (χ2v) is 7.47. The van der Waals surface area contributed by atoms with E-state index >= 15 is 0 Å². The van der Waals surface area contributed by atoms with Crippen LogP contribution in [0.1, 0.15) is 56.3 Å². The molecule has 3 rings (SSSR count). The molecule has 0 fully saturated rings. The van der Waals surface area contributed by atoms with E-state index < -0.39 is 17.2 Å². The van der Waals surface area contributed by atoms with Crippen LogP contribution in [0.4, 0.5) is 0 Å². The quantitative estimate of drug-likeness (QED) is 0.386. The van der Waals surface area contributed by atoms with Crippen LogP contribution < -0.4 is 22.9 Å². The standard InChI is InChI=1S/C21H25N5O2/c1-11(22)10-21(20(25)26)16-6-4-14(18(23)27)8-12(16)2-3-13-9-15(19(24)28)5-7-17(13)21/h4-9,11H,2-3,10,22H2,1H3,(H2,23,27)(H2,24,28)(H3,25,26)/t11-/m0/s1. The predicted octanol–water partition coefficient (Wildman–Crippen LogP) is 0.942. The molecule has 146 valence electrons. The third-order valence-electron chi connectivity index (χ3n) is 5.45. The molecule has 0 heterocycles. The third kappa shape index (κ3) is 3.14. The van der Waals surface area contributed by atoms with Gasteiger partial charge >= 0.3 is 0 Å². The Kier molecular flexibility index (Phi) is 4.95. The molecule has 2 aromatic carbocycles. The molecule has 7 heteroatoms. The molecule has 2 amide bonds. The molecule has 1 aliphatic rings. The number of hydrogen-bond donors (Lipinski definition) is 5. The lowest BCUT2D eigenvalue weighted by Gasteiger charge is -2.37. The maximum absolute atomic E-state index is 11.7. The average Bonchev–Trinajstić information content (AvgIpc) is 2.76. The summed E-state index contributed by atoms with van der Waals surface area (Å²) < 4.78 is 0. The fourth-order valence-corrected chi connectivity index (χ4v) is 4.26. The first-order chi connectivity index (χ1) is 13.2. The van der Waals surface area contributed by atoms with Crippen molar-refractivity contribution in [3.63, 3.8) is 0 Å². The maximum atomic E-state index is 11.7. The van der Waals surface area contributed by atoms with E-state index in [1.165, 1.54) is 0 Å². The monoisotopic (exact) mass is 379 g/mol. The van der Waals surface area contributed by atoms with E-state index in [2.05, 4.69) is 0 Å². The zero-order valence-corrected chi connectivity index (χ0v) is 15.8. The van der Waals surface area contributed by atoms with Gasteiger partial charge < -0.3 is 22.9 Å². The summed E-state index contributed by atoms with van der Waals surface area (Å²) in [5.74, 6) is -1.06. The number of amides is 2. The second kappa shape index (κ2) is 7.09. The van der Waals surface area contributed by atoms with E-state index in [1.54, 1.807) is 24.3 Å². The highest BCUT2D eigenvalue weighted by molar-refractivity contribution is 5.97. The normalized spacial score (nSPS) is 15.6. The van der Waals surface area contributed by atoms with E-state index in [4.69, 9.17) is 28.3 Å². The van der Waals surface area contributed by atoms with Gasteiger partial charge in [-0.1, -0.05) is 12.1 Å². The van der Waals surface area contributed by atoms with E-state index in [-0.39, 0.29) is 11.9 Å². The fourth-order valence-electron chi connectivity index (χ4n) is 4.26. The predicted molar refractivity (Wildman–Crippen MR) is 108 cm³/mol. The summed E-state index contributed by atoms with van der Waals surface area (Å²) >= 11 is 0. The molecule has 7 nitrogen and oxygen atoms in total. The summed E-state index contributed by atoms with van der Waals surface area (Å²) in [6.45, 7) is 1.87.